The second-order valence-corrected chi connectivity index (χ2v) is 7.21. The van der Waals surface area contributed by atoms with Crippen molar-refractivity contribution >= 4 is 29.5 Å². The number of carbonyl (C=O) groups excluding carboxylic acids is 2. The van der Waals surface area contributed by atoms with Gasteiger partial charge in [-0.15, -0.1) is 11.8 Å². The third-order valence-corrected chi connectivity index (χ3v) is 5.69. The van der Waals surface area contributed by atoms with Gasteiger partial charge in [0.05, 0.1) is 6.07 Å². The van der Waals surface area contributed by atoms with Gasteiger partial charge in [-0.3, -0.25) is 14.5 Å². The van der Waals surface area contributed by atoms with Gasteiger partial charge in [-0.1, -0.05) is 12.1 Å². The third-order valence-electron chi connectivity index (χ3n) is 4.39. The summed E-state index contributed by atoms with van der Waals surface area (Å²) in [6.07, 6.45) is 2.52. The Kier molecular flexibility index (Phi) is 5.39. The Labute approximate surface area is 164 Å². The predicted molar refractivity (Wildman–Crippen MR) is 99.5 cm³/mol. The lowest BCUT2D eigenvalue weighted by Crippen LogP contribution is -2.71. The predicted octanol–water partition coefficient (Wildman–Crippen LogP) is 0.210. The average molecular weight is 400 g/mol. The number of hydrogen-bond donors (Lipinski definition) is 4. The average Bonchev–Trinajstić information content (AvgIpc) is 2.69. The van der Waals surface area contributed by atoms with Crippen LogP contribution in [0, 0.1) is 11.3 Å². The second kappa shape index (κ2) is 7.75. The Bertz CT molecular complexity index is 934. The van der Waals surface area contributed by atoms with Crippen LogP contribution in [0.2, 0.25) is 0 Å². The van der Waals surface area contributed by atoms with Crippen molar-refractivity contribution in [3.8, 4) is 11.8 Å². The number of phenols is 1. The molecular formula is C18H16N4O5S. The SMILES string of the molecule is N#CC=CC1=C(C(=O)O)N2C(=O)C(NC(=O)C(N)c3ccc(O)cc3)[C@@H]2SC1. The van der Waals surface area contributed by atoms with Gasteiger partial charge in [-0.05, 0) is 29.3 Å². The highest BCUT2D eigenvalue weighted by atomic mass is 32.2. The summed E-state index contributed by atoms with van der Waals surface area (Å²) in [4.78, 5) is 37.6. The number of rotatable bonds is 5. The monoisotopic (exact) mass is 400 g/mol. The number of aliphatic carboxylic acids is 1. The molecule has 10 heteroatoms. The van der Waals surface area contributed by atoms with Crippen LogP contribution in [0.3, 0.4) is 0 Å². The summed E-state index contributed by atoms with van der Waals surface area (Å²) in [6.45, 7) is 0. The zero-order valence-corrected chi connectivity index (χ0v) is 15.2. The molecule has 1 aromatic rings. The van der Waals surface area contributed by atoms with Crippen molar-refractivity contribution in [2.45, 2.75) is 17.5 Å². The molecule has 3 rings (SSSR count). The number of nitriles is 1. The highest BCUT2D eigenvalue weighted by Gasteiger charge is 2.54. The topological polar surface area (TPSA) is 157 Å². The number of aromatic hydroxyl groups is 1. The molecule has 2 unspecified atom stereocenters. The van der Waals surface area contributed by atoms with Crippen molar-refractivity contribution < 1.29 is 24.6 Å². The number of nitrogens with zero attached hydrogens (tertiary/aromatic N) is 2. The molecule has 0 radical (unpaired) electrons. The molecule has 1 fully saturated rings. The molecule has 0 spiro atoms. The molecule has 2 aliphatic heterocycles. The van der Waals surface area contributed by atoms with Crippen LogP contribution >= 0.6 is 11.8 Å². The zero-order chi connectivity index (χ0) is 20.4. The normalized spacial score (nSPS) is 22.3. The van der Waals surface area contributed by atoms with Gasteiger partial charge < -0.3 is 21.3 Å². The zero-order valence-electron chi connectivity index (χ0n) is 14.4. The number of fused-ring (bicyclic) bond motifs is 1. The number of nitrogens with two attached hydrogens (primary N) is 1. The number of carboxylic acid groups (broad SMARTS) is 1. The van der Waals surface area contributed by atoms with Gasteiger partial charge >= 0.3 is 5.97 Å². The van der Waals surface area contributed by atoms with E-state index in [0.717, 1.165) is 11.0 Å². The lowest BCUT2D eigenvalue weighted by atomic mass is 10.0. The van der Waals surface area contributed by atoms with Crippen LogP contribution < -0.4 is 11.1 Å². The molecule has 0 saturated carbocycles. The molecule has 9 nitrogen and oxygen atoms in total. The number of β-lactam (4-membered cyclic amide) rings is 1. The number of phenolic OH excluding ortho intramolecular Hbond substituents is 1. The molecule has 1 aromatic carbocycles. The molecule has 3 atom stereocenters. The number of benzene rings is 1. The van der Waals surface area contributed by atoms with E-state index in [1.807, 2.05) is 0 Å². The Balaban J connectivity index is 1.75. The van der Waals surface area contributed by atoms with E-state index in [1.165, 1.54) is 42.1 Å². The Morgan fingerprint density at radius 3 is 2.68 bits per heavy atom. The fraction of sp³-hybridized carbons (Fsp3) is 0.222. The molecule has 1 saturated heterocycles. The summed E-state index contributed by atoms with van der Waals surface area (Å²) in [5.41, 5.74) is 6.55. The quantitative estimate of drug-likeness (QED) is 0.403. The molecular weight excluding hydrogens is 384 g/mol. The molecule has 0 aromatic heterocycles. The Morgan fingerprint density at radius 2 is 2.07 bits per heavy atom. The molecule has 144 valence electrons. The van der Waals surface area contributed by atoms with Crippen molar-refractivity contribution in [3.05, 3.63) is 53.3 Å². The number of hydrogen-bond acceptors (Lipinski definition) is 7. The van der Waals surface area contributed by atoms with Gasteiger partial charge in [0.15, 0.2) is 0 Å². The van der Waals surface area contributed by atoms with E-state index in [0.29, 0.717) is 11.1 Å². The number of nitrogens with one attached hydrogen (secondary N) is 1. The highest BCUT2D eigenvalue weighted by molar-refractivity contribution is 8.00. The van der Waals surface area contributed by atoms with E-state index < -0.39 is 35.2 Å². The van der Waals surface area contributed by atoms with Crippen LogP contribution in [0.5, 0.6) is 5.75 Å². The maximum atomic E-state index is 12.5. The van der Waals surface area contributed by atoms with Crippen molar-refractivity contribution in [1.29, 1.82) is 5.26 Å². The van der Waals surface area contributed by atoms with E-state index >= 15 is 0 Å². The first-order valence-corrected chi connectivity index (χ1v) is 9.22. The van der Waals surface area contributed by atoms with E-state index in [1.54, 1.807) is 6.07 Å². The summed E-state index contributed by atoms with van der Waals surface area (Å²) in [7, 11) is 0. The van der Waals surface area contributed by atoms with E-state index in [4.69, 9.17) is 11.0 Å². The lowest BCUT2D eigenvalue weighted by Gasteiger charge is -2.49. The van der Waals surface area contributed by atoms with Gasteiger partial charge in [-0.25, -0.2) is 4.79 Å². The van der Waals surface area contributed by atoms with Crippen LogP contribution in [0.15, 0.2) is 47.7 Å². The first-order valence-electron chi connectivity index (χ1n) is 8.17. The molecule has 2 aliphatic rings. The van der Waals surface area contributed by atoms with Crippen LogP contribution in [0.1, 0.15) is 11.6 Å². The standard InChI is InChI=1S/C18H16N4O5S/c19-7-1-2-10-8-28-17-13(16(25)22(17)14(10)18(26)27)21-15(24)12(20)9-3-5-11(23)6-4-9/h1-6,12-13,17,23H,8,20H2,(H,21,24)(H,26,27)/t12?,13?,17-/m0/s1. The van der Waals surface area contributed by atoms with Gasteiger partial charge in [-0.2, -0.15) is 5.26 Å². The van der Waals surface area contributed by atoms with E-state index in [2.05, 4.69) is 5.32 Å². The van der Waals surface area contributed by atoms with Gasteiger partial charge in [0.1, 0.15) is 28.9 Å². The van der Waals surface area contributed by atoms with Crippen LogP contribution in [0.25, 0.3) is 0 Å². The molecule has 2 heterocycles. The summed E-state index contributed by atoms with van der Waals surface area (Å²) in [5.74, 6) is -2.09. The van der Waals surface area contributed by atoms with Crippen LogP contribution in [0.4, 0.5) is 0 Å². The summed E-state index contributed by atoms with van der Waals surface area (Å²) in [6, 6.07) is 5.66. The first kappa shape index (κ1) is 19.5. The summed E-state index contributed by atoms with van der Waals surface area (Å²) < 4.78 is 0. The highest BCUT2D eigenvalue weighted by Crippen LogP contribution is 2.40. The molecule has 28 heavy (non-hydrogen) atoms. The molecule has 0 bridgehead atoms. The third kappa shape index (κ3) is 3.45. The molecule has 0 aliphatic carbocycles. The van der Waals surface area contributed by atoms with Gasteiger partial charge in [0, 0.05) is 11.8 Å². The van der Waals surface area contributed by atoms with Crippen LogP contribution in [-0.2, 0) is 14.4 Å². The number of thioether (sulfide) groups is 1. The summed E-state index contributed by atoms with van der Waals surface area (Å²) in [5, 5.41) is 29.4. The molecule has 2 amide bonds. The van der Waals surface area contributed by atoms with E-state index in [-0.39, 0.29) is 17.2 Å². The van der Waals surface area contributed by atoms with Crippen molar-refractivity contribution in [1.82, 2.24) is 10.2 Å². The number of carbonyl (C=O) groups is 3. The van der Waals surface area contributed by atoms with E-state index in [9.17, 15) is 24.6 Å². The smallest absolute Gasteiger partial charge is 0.352 e. The first-order chi connectivity index (χ1) is 13.3. The van der Waals surface area contributed by atoms with Crippen molar-refractivity contribution in [3.63, 3.8) is 0 Å². The second-order valence-electron chi connectivity index (χ2n) is 6.11. The Morgan fingerprint density at radius 1 is 1.39 bits per heavy atom. The number of amides is 2. The fourth-order valence-electron chi connectivity index (χ4n) is 2.98. The minimum absolute atomic E-state index is 0.0361. The Hall–Kier alpha value is -3.29. The lowest BCUT2D eigenvalue weighted by molar-refractivity contribution is -0.150. The number of carboxylic acids is 1. The van der Waals surface area contributed by atoms with Gasteiger partial charge in [0.25, 0.3) is 5.91 Å². The molecule has 5 N–H and O–H groups in total. The van der Waals surface area contributed by atoms with Crippen LogP contribution in [-0.4, -0.2) is 50.1 Å². The maximum absolute atomic E-state index is 12.5. The van der Waals surface area contributed by atoms with Crippen molar-refractivity contribution in [2.24, 2.45) is 5.73 Å². The van der Waals surface area contributed by atoms with Gasteiger partial charge in [0.2, 0.25) is 5.91 Å². The minimum Gasteiger partial charge on any atom is -0.508 e. The fourth-order valence-corrected chi connectivity index (χ4v) is 4.30. The van der Waals surface area contributed by atoms with Crippen molar-refractivity contribution in [2.75, 3.05) is 5.75 Å². The maximum Gasteiger partial charge on any atom is 0.352 e. The minimum atomic E-state index is -1.28. The largest absolute Gasteiger partial charge is 0.508 e. The number of allylic oxidation sites excluding steroid dienone is 2. The summed E-state index contributed by atoms with van der Waals surface area (Å²) >= 11 is 1.29.